The molecule has 0 aromatic carbocycles. The van der Waals surface area contributed by atoms with Crippen molar-refractivity contribution in [3.8, 4) is 0 Å². The van der Waals surface area contributed by atoms with Crippen LogP contribution < -0.4 is 5.32 Å². The molecule has 0 fully saturated rings. The Kier molecular flexibility index (Phi) is 7.96. The SMILES string of the molecule is COCCNCCC(C)(O)COC(C)C. The Hall–Kier alpha value is -0.160. The highest BCUT2D eigenvalue weighted by Gasteiger charge is 2.20. The second-order valence-corrected chi connectivity index (χ2v) is 4.35. The average molecular weight is 219 g/mol. The lowest BCUT2D eigenvalue weighted by Gasteiger charge is -2.24. The Morgan fingerprint density at radius 1 is 1.33 bits per heavy atom. The van der Waals surface area contributed by atoms with Crippen molar-refractivity contribution in [3.63, 3.8) is 0 Å². The Labute approximate surface area is 93.0 Å². The van der Waals surface area contributed by atoms with E-state index in [1.54, 1.807) is 14.0 Å². The van der Waals surface area contributed by atoms with Crippen molar-refractivity contribution in [2.24, 2.45) is 0 Å². The fraction of sp³-hybridized carbons (Fsp3) is 1.00. The highest BCUT2D eigenvalue weighted by Crippen LogP contribution is 2.09. The zero-order valence-electron chi connectivity index (χ0n) is 10.4. The molecule has 0 aliphatic carbocycles. The van der Waals surface area contributed by atoms with Crippen molar-refractivity contribution in [2.75, 3.05) is 33.4 Å². The first-order valence-electron chi connectivity index (χ1n) is 5.51. The highest BCUT2D eigenvalue weighted by molar-refractivity contribution is 4.73. The Bertz CT molecular complexity index is 149. The summed E-state index contributed by atoms with van der Waals surface area (Å²) in [6.45, 7) is 8.41. The predicted octanol–water partition coefficient (Wildman–Crippen LogP) is 0.788. The zero-order valence-corrected chi connectivity index (χ0v) is 10.4. The van der Waals surface area contributed by atoms with Crippen LogP contribution in [0.1, 0.15) is 27.2 Å². The van der Waals surface area contributed by atoms with Gasteiger partial charge in [-0.1, -0.05) is 0 Å². The summed E-state index contributed by atoms with van der Waals surface area (Å²) in [5.74, 6) is 0. The summed E-state index contributed by atoms with van der Waals surface area (Å²) in [6, 6.07) is 0. The molecule has 1 atom stereocenters. The smallest absolute Gasteiger partial charge is 0.0864 e. The summed E-state index contributed by atoms with van der Waals surface area (Å²) in [6.07, 6.45) is 0.849. The van der Waals surface area contributed by atoms with Crippen molar-refractivity contribution < 1.29 is 14.6 Å². The van der Waals surface area contributed by atoms with Gasteiger partial charge in [0.05, 0.1) is 24.9 Å². The van der Waals surface area contributed by atoms with Gasteiger partial charge in [-0.05, 0) is 33.7 Å². The molecule has 0 bridgehead atoms. The van der Waals surface area contributed by atoms with Crippen LogP contribution in [0.2, 0.25) is 0 Å². The molecule has 0 aromatic heterocycles. The Morgan fingerprint density at radius 3 is 2.53 bits per heavy atom. The maximum atomic E-state index is 9.92. The van der Waals surface area contributed by atoms with Crippen molar-refractivity contribution in [1.29, 1.82) is 0 Å². The first kappa shape index (κ1) is 14.8. The molecule has 0 amide bonds. The van der Waals surface area contributed by atoms with Crippen LogP contribution in [0.4, 0.5) is 0 Å². The molecule has 0 aliphatic heterocycles. The summed E-state index contributed by atoms with van der Waals surface area (Å²) >= 11 is 0. The maximum Gasteiger partial charge on any atom is 0.0864 e. The van der Waals surface area contributed by atoms with Gasteiger partial charge in [0, 0.05) is 13.7 Å². The van der Waals surface area contributed by atoms with E-state index in [4.69, 9.17) is 9.47 Å². The third-order valence-corrected chi connectivity index (χ3v) is 2.05. The average Bonchev–Trinajstić information content (AvgIpc) is 2.15. The lowest BCUT2D eigenvalue weighted by molar-refractivity contribution is -0.0574. The molecule has 15 heavy (non-hydrogen) atoms. The molecule has 2 N–H and O–H groups in total. The molecule has 0 aromatic rings. The van der Waals surface area contributed by atoms with Crippen LogP contribution in [0, 0.1) is 0 Å². The normalized spacial score (nSPS) is 15.6. The lowest BCUT2D eigenvalue weighted by atomic mass is 10.0. The van der Waals surface area contributed by atoms with E-state index in [2.05, 4.69) is 5.32 Å². The molecule has 0 radical (unpaired) electrons. The predicted molar refractivity (Wildman–Crippen MR) is 61.1 cm³/mol. The van der Waals surface area contributed by atoms with Crippen molar-refractivity contribution >= 4 is 0 Å². The second kappa shape index (κ2) is 8.05. The largest absolute Gasteiger partial charge is 0.388 e. The van der Waals surface area contributed by atoms with E-state index in [1.165, 1.54) is 0 Å². The van der Waals surface area contributed by atoms with Gasteiger partial charge in [-0.25, -0.2) is 0 Å². The molecule has 92 valence electrons. The number of rotatable bonds is 9. The van der Waals surface area contributed by atoms with Gasteiger partial charge in [-0.2, -0.15) is 0 Å². The molecule has 0 rings (SSSR count). The molecule has 4 nitrogen and oxygen atoms in total. The van der Waals surface area contributed by atoms with E-state index >= 15 is 0 Å². The molecule has 0 aliphatic rings. The van der Waals surface area contributed by atoms with Crippen LogP contribution in [0.15, 0.2) is 0 Å². The Balaban J connectivity index is 3.46. The number of nitrogens with one attached hydrogen (secondary N) is 1. The van der Waals surface area contributed by atoms with Crippen LogP contribution in [0.3, 0.4) is 0 Å². The summed E-state index contributed by atoms with van der Waals surface area (Å²) in [5, 5.41) is 13.1. The first-order chi connectivity index (χ1) is 6.98. The minimum absolute atomic E-state index is 0.165. The van der Waals surface area contributed by atoms with E-state index in [0.717, 1.165) is 13.1 Å². The van der Waals surface area contributed by atoms with Gasteiger partial charge in [0.1, 0.15) is 0 Å². The number of hydrogen-bond donors (Lipinski definition) is 2. The summed E-state index contributed by atoms with van der Waals surface area (Å²) < 4.78 is 10.3. The fourth-order valence-corrected chi connectivity index (χ4v) is 1.08. The van der Waals surface area contributed by atoms with E-state index in [1.807, 2.05) is 13.8 Å². The number of hydrogen-bond acceptors (Lipinski definition) is 4. The third kappa shape index (κ3) is 10.1. The van der Waals surface area contributed by atoms with Crippen LogP contribution >= 0.6 is 0 Å². The quantitative estimate of drug-likeness (QED) is 0.563. The lowest BCUT2D eigenvalue weighted by Crippen LogP contribution is -2.36. The van der Waals surface area contributed by atoms with E-state index in [0.29, 0.717) is 19.6 Å². The molecule has 0 saturated carbocycles. The van der Waals surface area contributed by atoms with Crippen molar-refractivity contribution in [2.45, 2.75) is 38.9 Å². The monoisotopic (exact) mass is 219 g/mol. The van der Waals surface area contributed by atoms with Gasteiger partial charge in [0.2, 0.25) is 0 Å². The van der Waals surface area contributed by atoms with E-state index in [9.17, 15) is 5.11 Å². The van der Waals surface area contributed by atoms with Crippen LogP contribution in [-0.2, 0) is 9.47 Å². The summed E-state index contributed by atoms with van der Waals surface area (Å²) in [7, 11) is 1.67. The highest BCUT2D eigenvalue weighted by atomic mass is 16.5. The molecule has 0 saturated heterocycles. The zero-order chi connectivity index (χ0) is 11.7. The maximum absolute atomic E-state index is 9.92. The molecule has 0 heterocycles. The minimum Gasteiger partial charge on any atom is -0.388 e. The molecular formula is C11H25NO3. The van der Waals surface area contributed by atoms with E-state index in [-0.39, 0.29) is 6.10 Å². The van der Waals surface area contributed by atoms with Crippen molar-refractivity contribution in [3.05, 3.63) is 0 Å². The number of methoxy groups -OCH3 is 1. The van der Waals surface area contributed by atoms with Gasteiger partial charge in [0.15, 0.2) is 0 Å². The third-order valence-electron chi connectivity index (χ3n) is 2.05. The van der Waals surface area contributed by atoms with E-state index < -0.39 is 5.60 Å². The first-order valence-corrected chi connectivity index (χ1v) is 5.51. The van der Waals surface area contributed by atoms with Gasteiger partial charge in [-0.3, -0.25) is 0 Å². The summed E-state index contributed by atoms with van der Waals surface area (Å²) in [4.78, 5) is 0. The van der Waals surface area contributed by atoms with Gasteiger partial charge >= 0.3 is 0 Å². The van der Waals surface area contributed by atoms with Crippen LogP contribution in [0.25, 0.3) is 0 Å². The molecule has 0 spiro atoms. The van der Waals surface area contributed by atoms with Gasteiger partial charge in [-0.15, -0.1) is 0 Å². The molecular weight excluding hydrogens is 194 g/mol. The Morgan fingerprint density at radius 2 is 2.00 bits per heavy atom. The van der Waals surface area contributed by atoms with Crippen LogP contribution in [0.5, 0.6) is 0 Å². The number of ether oxygens (including phenoxy) is 2. The number of aliphatic hydroxyl groups is 1. The standard InChI is InChI=1S/C11H25NO3/c1-10(2)15-9-11(3,13)5-6-12-7-8-14-4/h10,12-13H,5-9H2,1-4H3. The molecule has 1 unspecified atom stereocenters. The van der Waals surface area contributed by atoms with Gasteiger partial charge < -0.3 is 19.9 Å². The molecule has 4 heteroatoms. The minimum atomic E-state index is -0.746. The van der Waals surface area contributed by atoms with Crippen LogP contribution in [-0.4, -0.2) is 50.2 Å². The van der Waals surface area contributed by atoms with Crippen molar-refractivity contribution in [1.82, 2.24) is 5.32 Å². The second-order valence-electron chi connectivity index (χ2n) is 4.35. The summed E-state index contributed by atoms with van der Waals surface area (Å²) in [5.41, 5.74) is -0.746. The fourth-order valence-electron chi connectivity index (χ4n) is 1.08. The topological polar surface area (TPSA) is 50.7 Å². The van der Waals surface area contributed by atoms with Gasteiger partial charge in [0.25, 0.3) is 0 Å².